The number of halogens is 2. The van der Waals surface area contributed by atoms with Gasteiger partial charge in [-0.3, -0.25) is 4.79 Å². The topological polar surface area (TPSA) is 29.5 Å². The Morgan fingerprint density at radius 3 is 2.74 bits per heavy atom. The molecule has 0 N–H and O–H groups in total. The number of benzene rings is 1. The maximum atomic E-state index is 13.6. The summed E-state index contributed by atoms with van der Waals surface area (Å²) in [7, 11) is 1.61. The van der Waals surface area contributed by atoms with Gasteiger partial charge in [0.25, 0.3) is 5.91 Å². The van der Waals surface area contributed by atoms with Crippen molar-refractivity contribution in [3.05, 3.63) is 35.4 Å². The predicted octanol–water partition coefficient (Wildman–Crippen LogP) is 2.46. The molecule has 19 heavy (non-hydrogen) atoms. The number of hydrogen-bond acceptors (Lipinski definition) is 2. The van der Waals surface area contributed by atoms with Gasteiger partial charge in [-0.15, -0.1) is 0 Å². The fourth-order valence-electron chi connectivity index (χ4n) is 2.48. The van der Waals surface area contributed by atoms with Crippen molar-refractivity contribution in [3.8, 4) is 0 Å². The van der Waals surface area contributed by atoms with E-state index in [1.165, 1.54) is 11.0 Å². The van der Waals surface area contributed by atoms with Crippen LogP contribution in [0.2, 0.25) is 0 Å². The average molecular weight is 269 g/mol. The minimum Gasteiger partial charge on any atom is -0.384 e. The lowest BCUT2D eigenvalue weighted by Crippen LogP contribution is -2.41. The molecule has 0 spiro atoms. The lowest BCUT2D eigenvalue weighted by atomic mass is 9.98. The molecule has 0 bridgehead atoms. The quantitative estimate of drug-likeness (QED) is 0.843. The SMILES string of the molecule is COCC1CCCN(C(=O)c2c(F)cccc2F)C1. The number of rotatable bonds is 3. The molecule has 1 aliphatic heterocycles. The zero-order chi connectivity index (χ0) is 13.8. The summed E-state index contributed by atoms with van der Waals surface area (Å²) in [5.41, 5.74) is -0.458. The van der Waals surface area contributed by atoms with Gasteiger partial charge in [-0.1, -0.05) is 6.07 Å². The van der Waals surface area contributed by atoms with Gasteiger partial charge in [0.1, 0.15) is 17.2 Å². The Labute approximate surface area is 111 Å². The largest absolute Gasteiger partial charge is 0.384 e. The molecule has 0 saturated carbocycles. The Balaban J connectivity index is 2.15. The maximum Gasteiger partial charge on any atom is 0.259 e. The second-order valence-electron chi connectivity index (χ2n) is 4.81. The van der Waals surface area contributed by atoms with Crippen molar-refractivity contribution in [1.82, 2.24) is 4.90 Å². The van der Waals surface area contributed by atoms with Crippen LogP contribution in [0.15, 0.2) is 18.2 Å². The highest BCUT2D eigenvalue weighted by Crippen LogP contribution is 2.21. The van der Waals surface area contributed by atoms with Crippen LogP contribution in [0, 0.1) is 17.6 Å². The summed E-state index contributed by atoms with van der Waals surface area (Å²) in [4.78, 5) is 13.7. The molecule has 1 saturated heterocycles. The van der Waals surface area contributed by atoms with Crippen molar-refractivity contribution in [2.75, 3.05) is 26.8 Å². The molecule has 5 heteroatoms. The maximum absolute atomic E-state index is 13.6. The van der Waals surface area contributed by atoms with Crippen LogP contribution in [-0.2, 0) is 4.74 Å². The summed E-state index contributed by atoms with van der Waals surface area (Å²) in [6.45, 7) is 1.58. The van der Waals surface area contributed by atoms with Crippen molar-refractivity contribution in [3.63, 3.8) is 0 Å². The van der Waals surface area contributed by atoms with Crippen LogP contribution in [0.25, 0.3) is 0 Å². The first kappa shape index (κ1) is 13.9. The molecular weight excluding hydrogens is 252 g/mol. The van der Waals surface area contributed by atoms with Gasteiger partial charge in [-0.25, -0.2) is 8.78 Å². The predicted molar refractivity (Wildman–Crippen MR) is 66.9 cm³/mol. The van der Waals surface area contributed by atoms with Crippen molar-refractivity contribution < 1.29 is 18.3 Å². The Hall–Kier alpha value is -1.49. The van der Waals surface area contributed by atoms with Crippen LogP contribution < -0.4 is 0 Å². The number of hydrogen-bond donors (Lipinski definition) is 0. The number of amides is 1. The van der Waals surface area contributed by atoms with Gasteiger partial charge < -0.3 is 9.64 Å². The highest BCUT2D eigenvalue weighted by Gasteiger charge is 2.27. The Bertz CT molecular complexity index is 443. The van der Waals surface area contributed by atoms with Crippen molar-refractivity contribution in [2.45, 2.75) is 12.8 Å². The molecule has 1 atom stereocenters. The monoisotopic (exact) mass is 269 g/mol. The average Bonchev–Trinajstić information content (AvgIpc) is 2.39. The number of likely N-dealkylation sites (tertiary alicyclic amines) is 1. The van der Waals surface area contributed by atoms with E-state index in [2.05, 4.69) is 0 Å². The van der Waals surface area contributed by atoms with Gasteiger partial charge in [0.05, 0.1) is 6.61 Å². The standard InChI is InChI=1S/C14H17F2NO2/c1-19-9-10-4-3-7-17(8-10)14(18)13-11(15)5-2-6-12(13)16/h2,5-6,10H,3-4,7-9H2,1H3. The summed E-state index contributed by atoms with van der Waals surface area (Å²) in [5.74, 6) is -1.95. The van der Waals surface area contributed by atoms with Gasteiger partial charge in [0.2, 0.25) is 0 Å². The van der Waals surface area contributed by atoms with Crippen LogP contribution in [-0.4, -0.2) is 37.6 Å². The van der Waals surface area contributed by atoms with E-state index >= 15 is 0 Å². The number of carbonyl (C=O) groups is 1. The first-order chi connectivity index (χ1) is 9.13. The van der Waals surface area contributed by atoms with Crippen LogP contribution in [0.5, 0.6) is 0 Å². The molecule has 1 aromatic rings. The molecule has 1 fully saturated rings. The van der Waals surface area contributed by atoms with Crippen molar-refractivity contribution in [1.29, 1.82) is 0 Å². The fourth-order valence-corrected chi connectivity index (χ4v) is 2.48. The smallest absolute Gasteiger partial charge is 0.259 e. The second kappa shape index (κ2) is 6.10. The number of nitrogens with zero attached hydrogens (tertiary/aromatic N) is 1. The van der Waals surface area contributed by atoms with Gasteiger partial charge >= 0.3 is 0 Å². The van der Waals surface area contributed by atoms with E-state index in [9.17, 15) is 13.6 Å². The van der Waals surface area contributed by atoms with E-state index in [-0.39, 0.29) is 5.92 Å². The Morgan fingerprint density at radius 1 is 1.42 bits per heavy atom. The number of carbonyl (C=O) groups excluding carboxylic acids is 1. The van der Waals surface area contributed by atoms with E-state index in [1.54, 1.807) is 7.11 Å². The van der Waals surface area contributed by atoms with Gasteiger partial charge in [0, 0.05) is 20.2 Å². The zero-order valence-corrected chi connectivity index (χ0v) is 10.9. The van der Waals surface area contributed by atoms with Crippen molar-refractivity contribution >= 4 is 5.91 Å². The molecular formula is C14H17F2NO2. The minimum atomic E-state index is -0.807. The van der Waals surface area contributed by atoms with Gasteiger partial charge in [-0.05, 0) is 30.9 Å². The van der Waals surface area contributed by atoms with E-state index < -0.39 is 23.1 Å². The fraction of sp³-hybridized carbons (Fsp3) is 0.500. The lowest BCUT2D eigenvalue weighted by Gasteiger charge is -2.32. The normalized spacial score (nSPS) is 19.5. The van der Waals surface area contributed by atoms with E-state index in [1.807, 2.05) is 0 Å². The number of methoxy groups -OCH3 is 1. The molecule has 1 amide bonds. The number of piperidine rings is 1. The first-order valence-electron chi connectivity index (χ1n) is 6.35. The summed E-state index contributed by atoms with van der Waals surface area (Å²) < 4.78 is 32.3. The van der Waals surface area contributed by atoms with Gasteiger partial charge in [0.15, 0.2) is 0 Å². The Kier molecular flexibility index (Phi) is 4.47. The molecule has 104 valence electrons. The van der Waals surface area contributed by atoms with Crippen LogP contribution in [0.3, 0.4) is 0 Å². The summed E-state index contributed by atoms with van der Waals surface area (Å²) in [5, 5.41) is 0. The summed E-state index contributed by atoms with van der Waals surface area (Å²) in [6.07, 6.45) is 1.80. The molecule has 3 nitrogen and oxygen atoms in total. The van der Waals surface area contributed by atoms with Crippen LogP contribution >= 0.6 is 0 Å². The van der Waals surface area contributed by atoms with E-state index in [4.69, 9.17) is 4.74 Å². The second-order valence-corrected chi connectivity index (χ2v) is 4.81. The minimum absolute atomic E-state index is 0.234. The van der Waals surface area contributed by atoms with Crippen molar-refractivity contribution in [2.24, 2.45) is 5.92 Å². The highest BCUT2D eigenvalue weighted by molar-refractivity contribution is 5.94. The molecule has 1 aliphatic rings. The van der Waals surface area contributed by atoms with Gasteiger partial charge in [-0.2, -0.15) is 0 Å². The molecule has 0 radical (unpaired) electrons. The third-order valence-corrected chi connectivity index (χ3v) is 3.39. The molecule has 2 rings (SSSR count). The molecule has 1 unspecified atom stereocenters. The van der Waals surface area contributed by atoms with Crippen LogP contribution in [0.4, 0.5) is 8.78 Å². The third-order valence-electron chi connectivity index (χ3n) is 3.39. The van der Waals surface area contributed by atoms with Crippen LogP contribution in [0.1, 0.15) is 23.2 Å². The number of ether oxygens (including phenoxy) is 1. The Morgan fingerprint density at radius 2 is 2.11 bits per heavy atom. The summed E-state index contributed by atoms with van der Waals surface area (Å²) in [6, 6.07) is 3.46. The van der Waals surface area contributed by atoms with E-state index in [0.717, 1.165) is 25.0 Å². The summed E-state index contributed by atoms with van der Waals surface area (Å²) >= 11 is 0. The van der Waals surface area contributed by atoms with E-state index in [0.29, 0.717) is 19.7 Å². The lowest BCUT2D eigenvalue weighted by molar-refractivity contribution is 0.0562. The third kappa shape index (κ3) is 3.10. The molecule has 1 aromatic carbocycles. The first-order valence-corrected chi connectivity index (χ1v) is 6.35. The highest BCUT2D eigenvalue weighted by atomic mass is 19.1. The zero-order valence-electron chi connectivity index (χ0n) is 10.9. The molecule has 0 aromatic heterocycles. The molecule has 1 heterocycles. The molecule has 0 aliphatic carbocycles.